The van der Waals surface area contributed by atoms with Gasteiger partial charge < -0.3 is 9.80 Å². The average molecular weight is 248 g/mol. The molecule has 0 spiro atoms. The second kappa shape index (κ2) is 5.80. The van der Waals surface area contributed by atoms with Crippen LogP contribution in [0.1, 0.15) is 25.6 Å². The molecule has 0 aromatic carbocycles. The van der Waals surface area contributed by atoms with Crippen LogP contribution in [0.2, 0.25) is 0 Å². The fourth-order valence-electron chi connectivity index (χ4n) is 2.24. The summed E-state index contributed by atoms with van der Waals surface area (Å²) in [6, 6.07) is 1.87. The highest BCUT2D eigenvalue weighted by Gasteiger charge is 2.21. The van der Waals surface area contributed by atoms with E-state index in [4.69, 9.17) is 0 Å². The van der Waals surface area contributed by atoms with E-state index in [1.807, 2.05) is 22.8 Å². The van der Waals surface area contributed by atoms with Crippen LogP contribution in [0.3, 0.4) is 0 Å². The minimum atomic E-state index is 0.200. The molecule has 2 heterocycles. The molecule has 0 radical (unpaired) electrons. The molecule has 5 heteroatoms. The van der Waals surface area contributed by atoms with Gasteiger partial charge in [0.1, 0.15) is 11.6 Å². The number of rotatable bonds is 3. The van der Waals surface area contributed by atoms with E-state index >= 15 is 0 Å². The van der Waals surface area contributed by atoms with Crippen LogP contribution in [0, 0.1) is 6.92 Å². The maximum Gasteiger partial charge on any atom is 0.242 e. The van der Waals surface area contributed by atoms with E-state index in [0.717, 1.165) is 44.1 Å². The number of anilines is 1. The zero-order valence-electron chi connectivity index (χ0n) is 11.1. The summed E-state index contributed by atoms with van der Waals surface area (Å²) in [4.78, 5) is 24.6. The molecule has 1 amide bonds. The first-order chi connectivity index (χ1) is 8.70. The van der Waals surface area contributed by atoms with Crippen molar-refractivity contribution in [1.29, 1.82) is 0 Å². The molecule has 1 fully saturated rings. The highest BCUT2D eigenvalue weighted by molar-refractivity contribution is 5.81. The molecule has 0 bridgehead atoms. The smallest absolute Gasteiger partial charge is 0.242 e. The molecule has 0 N–H and O–H groups in total. The van der Waals surface area contributed by atoms with E-state index in [1.165, 1.54) is 0 Å². The number of amides is 1. The SMILES string of the molecule is CCCN1CCCN(c2ccnc(C)n2)CC1=O. The summed E-state index contributed by atoms with van der Waals surface area (Å²) in [5, 5.41) is 0. The number of carbonyl (C=O) groups excluding carboxylic acids is 1. The fraction of sp³-hybridized carbons (Fsp3) is 0.615. The lowest BCUT2D eigenvalue weighted by Gasteiger charge is -2.22. The highest BCUT2D eigenvalue weighted by Crippen LogP contribution is 2.14. The van der Waals surface area contributed by atoms with E-state index in [0.29, 0.717) is 6.54 Å². The van der Waals surface area contributed by atoms with Gasteiger partial charge in [-0.1, -0.05) is 6.92 Å². The Bertz CT molecular complexity index is 421. The fourth-order valence-corrected chi connectivity index (χ4v) is 2.24. The van der Waals surface area contributed by atoms with Gasteiger partial charge in [0.25, 0.3) is 0 Å². The lowest BCUT2D eigenvalue weighted by Crippen LogP contribution is -2.37. The van der Waals surface area contributed by atoms with Gasteiger partial charge >= 0.3 is 0 Å². The molecular weight excluding hydrogens is 228 g/mol. The van der Waals surface area contributed by atoms with E-state index in [1.54, 1.807) is 6.20 Å². The molecule has 18 heavy (non-hydrogen) atoms. The minimum absolute atomic E-state index is 0.200. The predicted octanol–water partition coefficient (Wildman–Crippen LogP) is 1.23. The molecule has 5 nitrogen and oxygen atoms in total. The van der Waals surface area contributed by atoms with E-state index in [-0.39, 0.29) is 5.91 Å². The first kappa shape index (κ1) is 12.8. The van der Waals surface area contributed by atoms with Gasteiger partial charge in [-0.2, -0.15) is 0 Å². The molecule has 0 saturated carbocycles. The summed E-state index contributed by atoms with van der Waals surface area (Å²) in [5.41, 5.74) is 0. The third kappa shape index (κ3) is 2.97. The van der Waals surface area contributed by atoms with Gasteiger partial charge in [0.05, 0.1) is 6.54 Å². The van der Waals surface area contributed by atoms with Crippen molar-refractivity contribution in [3.8, 4) is 0 Å². The van der Waals surface area contributed by atoms with Crippen molar-refractivity contribution in [2.75, 3.05) is 31.1 Å². The van der Waals surface area contributed by atoms with Crippen molar-refractivity contribution in [3.05, 3.63) is 18.1 Å². The Morgan fingerprint density at radius 1 is 1.39 bits per heavy atom. The standard InChI is InChI=1S/C13H20N4O/c1-3-7-16-8-4-9-17(10-13(16)18)12-5-6-14-11(2)15-12/h5-6H,3-4,7-10H2,1-2H3. The Labute approximate surface area is 108 Å². The largest absolute Gasteiger partial charge is 0.347 e. The van der Waals surface area contributed by atoms with Gasteiger partial charge in [0.2, 0.25) is 5.91 Å². The van der Waals surface area contributed by atoms with E-state index in [2.05, 4.69) is 16.9 Å². The Hall–Kier alpha value is -1.65. The molecule has 2 rings (SSSR count). The van der Waals surface area contributed by atoms with Gasteiger partial charge in [-0.05, 0) is 25.8 Å². The Balaban J connectivity index is 2.09. The monoisotopic (exact) mass is 248 g/mol. The van der Waals surface area contributed by atoms with Crippen molar-refractivity contribution in [2.45, 2.75) is 26.7 Å². The molecule has 1 aromatic rings. The Morgan fingerprint density at radius 3 is 2.94 bits per heavy atom. The van der Waals surface area contributed by atoms with Gasteiger partial charge in [-0.25, -0.2) is 9.97 Å². The number of carbonyl (C=O) groups is 1. The maximum atomic E-state index is 12.1. The van der Waals surface area contributed by atoms with Crippen molar-refractivity contribution in [1.82, 2.24) is 14.9 Å². The molecule has 0 atom stereocenters. The normalized spacial score (nSPS) is 16.9. The van der Waals surface area contributed by atoms with Crippen molar-refractivity contribution in [3.63, 3.8) is 0 Å². The third-order valence-electron chi connectivity index (χ3n) is 3.11. The lowest BCUT2D eigenvalue weighted by molar-refractivity contribution is -0.129. The maximum absolute atomic E-state index is 12.1. The molecule has 1 aliphatic heterocycles. The number of nitrogens with zero attached hydrogens (tertiary/aromatic N) is 4. The molecule has 1 saturated heterocycles. The van der Waals surface area contributed by atoms with Crippen molar-refractivity contribution >= 4 is 11.7 Å². The first-order valence-electron chi connectivity index (χ1n) is 6.53. The van der Waals surface area contributed by atoms with Crippen LogP contribution in [-0.2, 0) is 4.79 Å². The van der Waals surface area contributed by atoms with Crippen molar-refractivity contribution in [2.24, 2.45) is 0 Å². The van der Waals surface area contributed by atoms with Gasteiger partial charge in [-0.15, -0.1) is 0 Å². The van der Waals surface area contributed by atoms with Gasteiger partial charge in [0.15, 0.2) is 0 Å². The predicted molar refractivity (Wildman–Crippen MR) is 70.5 cm³/mol. The number of hydrogen-bond acceptors (Lipinski definition) is 4. The zero-order chi connectivity index (χ0) is 13.0. The molecule has 0 aliphatic carbocycles. The molecule has 1 aromatic heterocycles. The number of aryl methyl sites for hydroxylation is 1. The number of hydrogen-bond donors (Lipinski definition) is 0. The number of aromatic nitrogens is 2. The van der Waals surface area contributed by atoms with Crippen molar-refractivity contribution < 1.29 is 4.79 Å². The van der Waals surface area contributed by atoms with Crippen LogP contribution in [0.15, 0.2) is 12.3 Å². The second-order valence-corrected chi connectivity index (χ2v) is 4.62. The first-order valence-corrected chi connectivity index (χ1v) is 6.53. The second-order valence-electron chi connectivity index (χ2n) is 4.62. The molecule has 1 aliphatic rings. The quantitative estimate of drug-likeness (QED) is 0.807. The highest BCUT2D eigenvalue weighted by atomic mass is 16.2. The molecule has 0 unspecified atom stereocenters. The summed E-state index contributed by atoms with van der Waals surface area (Å²) in [7, 11) is 0. The van der Waals surface area contributed by atoms with Crippen LogP contribution in [0.5, 0.6) is 0 Å². The topological polar surface area (TPSA) is 49.3 Å². The summed E-state index contributed by atoms with van der Waals surface area (Å²) in [6.45, 7) is 6.98. The van der Waals surface area contributed by atoms with Crippen LogP contribution >= 0.6 is 0 Å². The van der Waals surface area contributed by atoms with Crippen LogP contribution in [-0.4, -0.2) is 47.0 Å². The zero-order valence-corrected chi connectivity index (χ0v) is 11.1. The van der Waals surface area contributed by atoms with E-state index in [9.17, 15) is 4.79 Å². The summed E-state index contributed by atoms with van der Waals surface area (Å²) >= 11 is 0. The van der Waals surface area contributed by atoms with Crippen LogP contribution in [0.25, 0.3) is 0 Å². The van der Waals surface area contributed by atoms with Crippen LogP contribution in [0.4, 0.5) is 5.82 Å². The Morgan fingerprint density at radius 2 is 2.22 bits per heavy atom. The average Bonchev–Trinajstić information content (AvgIpc) is 2.53. The Kier molecular flexibility index (Phi) is 4.12. The van der Waals surface area contributed by atoms with Crippen LogP contribution < -0.4 is 4.90 Å². The minimum Gasteiger partial charge on any atom is -0.347 e. The molecule has 98 valence electrons. The summed E-state index contributed by atoms with van der Waals surface area (Å²) in [6.07, 6.45) is 3.75. The lowest BCUT2D eigenvalue weighted by atomic mass is 10.3. The van der Waals surface area contributed by atoms with E-state index < -0.39 is 0 Å². The molecular formula is C13H20N4O. The summed E-state index contributed by atoms with van der Waals surface area (Å²) in [5.74, 6) is 1.80. The summed E-state index contributed by atoms with van der Waals surface area (Å²) < 4.78 is 0. The van der Waals surface area contributed by atoms with Gasteiger partial charge in [0, 0.05) is 25.8 Å². The van der Waals surface area contributed by atoms with Gasteiger partial charge in [-0.3, -0.25) is 4.79 Å². The third-order valence-corrected chi connectivity index (χ3v) is 3.11.